The normalized spacial score (nSPS) is 10.6. The van der Waals surface area contributed by atoms with Crippen LogP contribution in [-0.2, 0) is 19.4 Å². The predicted molar refractivity (Wildman–Crippen MR) is 92.9 cm³/mol. The molecule has 0 radical (unpaired) electrons. The Morgan fingerprint density at radius 3 is 2.00 bits per heavy atom. The monoisotopic (exact) mass is 346 g/mol. The third-order valence-electron chi connectivity index (χ3n) is 3.48. The molecule has 0 aliphatic heterocycles. The second kappa shape index (κ2) is 8.23. The molecule has 0 aromatic heterocycles. The van der Waals surface area contributed by atoms with Gasteiger partial charge in [-0.1, -0.05) is 73.0 Å². The number of hydrogen-bond donors (Lipinski definition) is 0. The second-order valence-electron chi connectivity index (χ2n) is 5.33. The largest absolute Gasteiger partial charge is 0.489 e. The van der Waals surface area contributed by atoms with E-state index in [2.05, 4.69) is 54.0 Å². The molecule has 0 atom stereocenters. The maximum absolute atomic E-state index is 6.00. The van der Waals surface area contributed by atoms with Gasteiger partial charge in [-0.15, -0.1) is 0 Å². The van der Waals surface area contributed by atoms with Crippen molar-refractivity contribution >= 4 is 15.9 Å². The molecule has 0 saturated carbocycles. The van der Waals surface area contributed by atoms with Crippen molar-refractivity contribution < 1.29 is 4.74 Å². The van der Waals surface area contributed by atoms with Crippen molar-refractivity contribution in [3.8, 4) is 5.75 Å². The summed E-state index contributed by atoms with van der Waals surface area (Å²) in [6, 6.07) is 14.7. The third kappa shape index (κ3) is 4.60. The lowest BCUT2D eigenvalue weighted by Crippen LogP contribution is -1.99. The molecule has 0 fully saturated rings. The standard InChI is InChI=1S/C19H23BrO/c1-3-8-16-12-18(13-17(9-4-2)19(16)20)21-14-15-10-6-5-7-11-15/h5-7,10-13H,3-4,8-9,14H2,1-2H3. The van der Waals surface area contributed by atoms with Crippen molar-refractivity contribution in [2.45, 2.75) is 46.1 Å². The minimum absolute atomic E-state index is 0.625. The maximum Gasteiger partial charge on any atom is 0.120 e. The Balaban J connectivity index is 2.18. The summed E-state index contributed by atoms with van der Waals surface area (Å²) >= 11 is 3.76. The zero-order valence-electron chi connectivity index (χ0n) is 12.9. The van der Waals surface area contributed by atoms with Crippen molar-refractivity contribution in [2.75, 3.05) is 0 Å². The molecule has 2 heteroatoms. The van der Waals surface area contributed by atoms with Gasteiger partial charge in [-0.25, -0.2) is 0 Å². The van der Waals surface area contributed by atoms with E-state index in [4.69, 9.17) is 4.74 Å². The molecule has 2 aromatic carbocycles. The van der Waals surface area contributed by atoms with E-state index in [0.29, 0.717) is 6.61 Å². The summed E-state index contributed by atoms with van der Waals surface area (Å²) in [6.45, 7) is 5.05. The quantitative estimate of drug-likeness (QED) is 0.603. The summed E-state index contributed by atoms with van der Waals surface area (Å²) in [7, 11) is 0. The van der Waals surface area contributed by atoms with Crippen LogP contribution >= 0.6 is 15.9 Å². The van der Waals surface area contributed by atoms with E-state index in [-0.39, 0.29) is 0 Å². The number of rotatable bonds is 7. The van der Waals surface area contributed by atoms with Crippen molar-refractivity contribution in [2.24, 2.45) is 0 Å². The fourth-order valence-electron chi connectivity index (χ4n) is 2.44. The van der Waals surface area contributed by atoms with Gasteiger partial charge in [0.2, 0.25) is 0 Å². The molecular formula is C19H23BrO. The van der Waals surface area contributed by atoms with E-state index >= 15 is 0 Å². The molecule has 0 aliphatic carbocycles. The Morgan fingerprint density at radius 1 is 0.905 bits per heavy atom. The highest BCUT2D eigenvalue weighted by Gasteiger charge is 2.09. The van der Waals surface area contributed by atoms with Gasteiger partial charge < -0.3 is 4.74 Å². The van der Waals surface area contributed by atoms with Crippen LogP contribution in [0.1, 0.15) is 43.4 Å². The Morgan fingerprint density at radius 2 is 1.48 bits per heavy atom. The average molecular weight is 347 g/mol. The van der Waals surface area contributed by atoms with Gasteiger partial charge in [-0.3, -0.25) is 0 Å². The molecule has 0 spiro atoms. The molecule has 2 rings (SSSR count). The Hall–Kier alpha value is -1.28. The minimum Gasteiger partial charge on any atom is -0.489 e. The van der Waals surface area contributed by atoms with E-state index in [1.807, 2.05) is 18.2 Å². The first-order valence-corrected chi connectivity index (χ1v) is 8.52. The molecule has 0 N–H and O–H groups in total. The molecule has 1 nitrogen and oxygen atoms in total. The highest BCUT2D eigenvalue weighted by atomic mass is 79.9. The van der Waals surface area contributed by atoms with Gasteiger partial charge in [0.25, 0.3) is 0 Å². The van der Waals surface area contributed by atoms with Crippen LogP contribution in [0, 0.1) is 0 Å². The Labute approximate surface area is 136 Å². The molecule has 0 heterocycles. The van der Waals surface area contributed by atoms with E-state index in [0.717, 1.165) is 31.4 Å². The van der Waals surface area contributed by atoms with Crippen molar-refractivity contribution in [1.29, 1.82) is 0 Å². The summed E-state index contributed by atoms with van der Waals surface area (Å²) in [5, 5.41) is 0. The maximum atomic E-state index is 6.00. The minimum atomic E-state index is 0.625. The van der Waals surface area contributed by atoms with Gasteiger partial charge in [0, 0.05) is 4.47 Å². The van der Waals surface area contributed by atoms with Crippen LogP contribution in [0.2, 0.25) is 0 Å². The zero-order valence-corrected chi connectivity index (χ0v) is 14.4. The van der Waals surface area contributed by atoms with E-state index in [1.54, 1.807) is 0 Å². The lowest BCUT2D eigenvalue weighted by molar-refractivity contribution is 0.305. The topological polar surface area (TPSA) is 9.23 Å². The Bertz CT molecular complexity index is 536. The molecule has 0 unspecified atom stereocenters. The fourth-order valence-corrected chi connectivity index (χ4v) is 3.07. The first-order valence-electron chi connectivity index (χ1n) is 7.72. The molecule has 0 amide bonds. The first kappa shape index (κ1) is 16.1. The van der Waals surface area contributed by atoms with Crippen molar-refractivity contribution in [1.82, 2.24) is 0 Å². The summed E-state index contributed by atoms with van der Waals surface area (Å²) < 4.78 is 7.26. The van der Waals surface area contributed by atoms with E-state index in [9.17, 15) is 0 Å². The smallest absolute Gasteiger partial charge is 0.120 e. The van der Waals surface area contributed by atoms with Crippen LogP contribution in [0.5, 0.6) is 5.75 Å². The van der Waals surface area contributed by atoms with E-state index in [1.165, 1.54) is 21.2 Å². The van der Waals surface area contributed by atoms with Gasteiger partial charge in [-0.2, -0.15) is 0 Å². The lowest BCUT2D eigenvalue weighted by Gasteiger charge is -2.14. The number of benzene rings is 2. The van der Waals surface area contributed by atoms with Crippen LogP contribution in [0.4, 0.5) is 0 Å². The highest BCUT2D eigenvalue weighted by Crippen LogP contribution is 2.30. The first-order chi connectivity index (χ1) is 10.2. The fraction of sp³-hybridized carbons (Fsp3) is 0.368. The number of halogens is 1. The van der Waals surface area contributed by atoms with Crippen LogP contribution in [0.3, 0.4) is 0 Å². The molecule has 0 saturated heterocycles. The Kier molecular flexibility index (Phi) is 6.31. The summed E-state index contributed by atoms with van der Waals surface area (Å²) in [5.74, 6) is 0.981. The third-order valence-corrected chi connectivity index (χ3v) is 4.50. The van der Waals surface area contributed by atoms with Gasteiger partial charge in [0.1, 0.15) is 12.4 Å². The summed E-state index contributed by atoms with van der Waals surface area (Å²) in [5.41, 5.74) is 3.91. The van der Waals surface area contributed by atoms with Crippen molar-refractivity contribution in [3.63, 3.8) is 0 Å². The second-order valence-corrected chi connectivity index (χ2v) is 6.12. The highest BCUT2D eigenvalue weighted by molar-refractivity contribution is 9.10. The zero-order chi connectivity index (χ0) is 15.1. The average Bonchev–Trinajstić information content (AvgIpc) is 2.51. The van der Waals surface area contributed by atoms with Gasteiger partial charge in [0.15, 0.2) is 0 Å². The molecule has 0 aliphatic rings. The van der Waals surface area contributed by atoms with Crippen molar-refractivity contribution in [3.05, 3.63) is 63.6 Å². The number of aryl methyl sites for hydroxylation is 2. The molecule has 112 valence electrons. The number of hydrogen-bond acceptors (Lipinski definition) is 1. The molecule has 0 bridgehead atoms. The predicted octanol–water partition coefficient (Wildman–Crippen LogP) is 5.93. The van der Waals surface area contributed by atoms with Crippen LogP contribution < -0.4 is 4.74 Å². The summed E-state index contributed by atoms with van der Waals surface area (Å²) in [6.07, 6.45) is 4.46. The van der Waals surface area contributed by atoms with Gasteiger partial charge in [0.05, 0.1) is 0 Å². The van der Waals surface area contributed by atoms with Gasteiger partial charge >= 0.3 is 0 Å². The summed E-state index contributed by atoms with van der Waals surface area (Å²) in [4.78, 5) is 0. The SMILES string of the molecule is CCCc1cc(OCc2ccccc2)cc(CCC)c1Br. The lowest BCUT2D eigenvalue weighted by atomic mass is 10.0. The van der Waals surface area contributed by atoms with E-state index < -0.39 is 0 Å². The van der Waals surface area contributed by atoms with Crippen LogP contribution in [-0.4, -0.2) is 0 Å². The van der Waals surface area contributed by atoms with Crippen LogP contribution in [0.15, 0.2) is 46.9 Å². The van der Waals surface area contributed by atoms with Gasteiger partial charge in [-0.05, 0) is 41.7 Å². The molecule has 2 aromatic rings. The molecular weight excluding hydrogens is 324 g/mol. The van der Waals surface area contributed by atoms with Crippen LogP contribution in [0.25, 0.3) is 0 Å². The molecule has 21 heavy (non-hydrogen) atoms. The number of ether oxygens (including phenoxy) is 1.